The van der Waals surface area contributed by atoms with E-state index in [1.807, 2.05) is 0 Å². The van der Waals surface area contributed by atoms with Crippen LogP contribution in [0.1, 0.15) is 12.8 Å². The lowest BCUT2D eigenvalue weighted by Gasteiger charge is -2.23. The van der Waals surface area contributed by atoms with E-state index in [1.165, 1.54) is 18.2 Å². The molecule has 1 fully saturated rings. The molecule has 0 aliphatic carbocycles. The van der Waals surface area contributed by atoms with Crippen molar-refractivity contribution in [3.63, 3.8) is 0 Å². The summed E-state index contributed by atoms with van der Waals surface area (Å²) in [5.74, 6) is 0.105. The minimum Gasteiger partial charge on any atom is -0.488 e. The third kappa shape index (κ3) is 3.25. The van der Waals surface area contributed by atoms with Gasteiger partial charge in [0, 0.05) is 18.9 Å². The quantitative estimate of drug-likeness (QED) is 0.817. The molecule has 2 rings (SSSR count). The Morgan fingerprint density at radius 3 is 2.69 bits per heavy atom. The molecule has 0 radical (unpaired) electrons. The third-order valence-electron chi connectivity index (χ3n) is 2.44. The first-order chi connectivity index (χ1) is 7.25. The number of rotatable bonds is 2. The fourth-order valence-corrected chi connectivity index (χ4v) is 1.58. The lowest BCUT2D eigenvalue weighted by Crippen LogP contribution is -2.26. The largest absolute Gasteiger partial charge is 0.488 e. The Morgan fingerprint density at radius 1 is 1.31 bits per heavy atom. The minimum atomic E-state index is -0.328. The summed E-state index contributed by atoms with van der Waals surface area (Å²) in [7, 11) is 0. The number of nitrogen functional groups attached to an aromatic ring is 1. The highest BCUT2D eigenvalue weighted by atomic mass is 35.5. The molecule has 0 unspecified atom stereocenters. The van der Waals surface area contributed by atoms with Crippen LogP contribution in [0.4, 0.5) is 10.1 Å². The molecule has 1 aromatic carbocycles. The van der Waals surface area contributed by atoms with Crippen molar-refractivity contribution < 1.29 is 13.9 Å². The highest BCUT2D eigenvalue weighted by Crippen LogP contribution is 2.25. The molecule has 0 atom stereocenters. The van der Waals surface area contributed by atoms with Crippen molar-refractivity contribution in [1.29, 1.82) is 0 Å². The zero-order valence-electron chi connectivity index (χ0n) is 8.82. The zero-order valence-corrected chi connectivity index (χ0v) is 9.63. The van der Waals surface area contributed by atoms with Crippen LogP contribution in [0, 0.1) is 5.82 Å². The van der Waals surface area contributed by atoms with E-state index >= 15 is 0 Å². The average molecular weight is 248 g/mol. The maximum Gasteiger partial charge on any atom is 0.145 e. The molecule has 1 aliphatic rings. The normalized spacial score (nSPS) is 16.6. The first-order valence-electron chi connectivity index (χ1n) is 5.05. The molecule has 0 bridgehead atoms. The fourth-order valence-electron chi connectivity index (χ4n) is 1.58. The summed E-state index contributed by atoms with van der Waals surface area (Å²) in [4.78, 5) is 0. The van der Waals surface area contributed by atoms with Crippen LogP contribution in [0.5, 0.6) is 5.75 Å². The van der Waals surface area contributed by atoms with Gasteiger partial charge in [0.05, 0.1) is 18.9 Å². The van der Waals surface area contributed by atoms with Crippen LogP contribution in [0.15, 0.2) is 18.2 Å². The Kier molecular flexibility index (Phi) is 4.83. The monoisotopic (exact) mass is 247 g/mol. The van der Waals surface area contributed by atoms with Crippen LogP contribution >= 0.6 is 12.4 Å². The maximum absolute atomic E-state index is 12.9. The van der Waals surface area contributed by atoms with Gasteiger partial charge in [-0.1, -0.05) is 0 Å². The molecule has 90 valence electrons. The van der Waals surface area contributed by atoms with Gasteiger partial charge in [-0.25, -0.2) is 4.39 Å². The molecule has 3 nitrogen and oxygen atoms in total. The van der Waals surface area contributed by atoms with Crippen LogP contribution in [-0.4, -0.2) is 19.3 Å². The fraction of sp³-hybridized carbons (Fsp3) is 0.455. The second kappa shape index (κ2) is 5.92. The number of nitrogens with two attached hydrogens (primary N) is 1. The van der Waals surface area contributed by atoms with Gasteiger partial charge < -0.3 is 15.2 Å². The van der Waals surface area contributed by atoms with Crippen molar-refractivity contribution in [3.05, 3.63) is 24.0 Å². The smallest absolute Gasteiger partial charge is 0.145 e. The number of anilines is 1. The molecule has 1 aromatic rings. The Labute approximate surface area is 100 Å². The summed E-state index contributed by atoms with van der Waals surface area (Å²) in [6.07, 6.45) is 1.74. The van der Waals surface area contributed by atoms with E-state index in [-0.39, 0.29) is 24.3 Å². The SMILES string of the molecule is Cl.Nc1ccc(F)cc1OC1CCOCC1. The Morgan fingerprint density at radius 2 is 2.00 bits per heavy atom. The standard InChI is InChI=1S/C11H14FNO2.ClH/c12-8-1-2-10(13)11(7-8)15-9-3-5-14-6-4-9;/h1-2,7,9H,3-6,13H2;1H. The van der Waals surface area contributed by atoms with Gasteiger partial charge >= 0.3 is 0 Å². The number of halogens is 2. The van der Waals surface area contributed by atoms with Crippen molar-refractivity contribution in [2.45, 2.75) is 18.9 Å². The number of hydrogen-bond donors (Lipinski definition) is 1. The van der Waals surface area contributed by atoms with Gasteiger partial charge in [0.15, 0.2) is 0 Å². The van der Waals surface area contributed by atoms with Crippen LogP contribution in [0.25, 0.3) is 0 Å². The molecule has 2 N–H and O–H groups in total. The lowest BCUT2D eigenvalue weighted by molar-refractivity contribution is 0.0257. The molecule has 1 saturated heterocycles. The summed E-state index contributed by atoms with van der Waals surface area (Å²) in [5, 5.41) is 0. The summed E-state index contributed by atoms with van der Waals surface area (Å²) in [6, 6.07) is 4.17. The Balaban J connectivity index is 0.00000128. The van der Waals surface area contributed by atoms with E-state index in [1.54, 1.807) is 0 Å². The Hall–Kier alpha value is -1.00. The van der Waals surface area contributed by atoms with Crippen molar-refractivity contribution in [2.24, 2.45) is 0 Å². The van der Waals surface area contributed by atoms with Crippen LogP contribution < -0.4 is 10.5 Å². The van der Waals surface area contributed by atoms with Gasteiger partial charge in [-0.05, 0) is 12.1 Å². The van der Waals surface area contributed by atoms with Crippen LogP contribution in [-0.2, 0) is 4.74 Å². The molecule has 0 amide bonds. The highest BCUT2D eigenvalue weighted by Gasteiger charge is 2.16. The topological polar surface area (TPSA) is 44.5 Å². The molecule has 0 aromatic heterocycles. The average Bonchev–Trinajstić information content (AvgIpc) is 2.25. The number of benzene rings is 1. The molecule has 16 heavy (non-hydrogen) atoms. The van der Waals surface area contributed by atoms with Crippen molar-refractivity contribution in [2.75, 3.05) is 18.9 Å². The van der Waals surface area contributed by atoms with Gasteiger partial charge in [0.1, 0.15) is 17.7 Å². The number of hydrogen-bond acceptors (Lipinski definition) is 3. The summed E-state index contributed by atoms with van der Waals surface area (Å²) in [5.41, 5.74) is 6.16. The van der Waals surface area contributed by atoms with E-state index in [0.29, 0.717) is 24.7 Å². The predicted octanol–water partition coefficient (Wildman–Crippen LogP) is 2.39. The van der Waals surface area contributed by atoms with Gasteiger partial charge in [0.25, 0.3) is 0 Å². The van der Waals surface area contributed by atoms with Crippen molar-refractivity contribution in [3.8, 4) is 5.75 Å². The van der Waals surface area contributed by atoms with E-state index in [0.717, 1.165) is 12.8 Å². The van der Waals surface area contributed by atoms with Crippen LogP contribution in [0.3, 0.4) is 0 Å². The third-order valence-corrected chi connectivity index (χ3v) is 2.44. The predicted molar refractivity (Wildman–Crippen MR) is 62.5 cm³/mol. The number of ether oxygens (including phenoxy) is 2. The molecule has 1 aliphatic heterocycles. The van der Waals surface area contributed by atoms with E-state index in [2.05, 4.69) is 0 Å². The van der Waals surface area contributed by atoms with Gasteiger partial charge in [-0.3, -0.25) is 0 Å². The molecular formula is C11H15ClFNO2. The molecule has 5 heteroatoms. The van der Waals surface area contributed by atoms with E-state index in [9.17, 15) is 4.39 Å². The summed E-state index contributed by atoms with van der Waals surface area (Å²) in [6.45, 7) is 1.39. The second-order valence-corrected chi connectivity index (χ2v) is 3.61. The summed E-state index contributed by atoms with van der Waals surface area (Å²) >= 11 is 0. The van der Waals surface area contributed by atoms with Gasteiger partial charge in [-0.2, -0.15) is 0 Å². The lowest BCUT2D eigenvalue weighted by atomic mass is 10.1. The minimum absolute atomic E-state index is 0. The first kappa shape index (κ1) is 13.1. The van der Waals surface area contributed by atoms with E-state index in [4.69, 9.17) is 15.2 Å². The first-order valence-corrected chi connectivity index (χ1v) is 5.05. The maximum atomic E-state index is 12.9. The zero-order chi connectivity index (χ0) is 10.7. The van der Waals surface area contributed by atoms with Crippen LogP contribution in [0.2, 0.25) is 0 Å². The van der Waals surface area contributed by atoms with Crippen molar-refractivity contribution >= 4 is 18.1 Å². The molecule has 0 saturated carbocycles. The second-order valence-electron chi connectivity index (χ2n) is 3.61. The Bertz CT molecular complexity index is 343. The highest BCUT2D eigenvalue weighted by molar-refractivity contribution is 5.85. The molecule has 0 spiro atoms. The molecule has 1 heterocycles. The van der Waals surface area contributed by atoms with E-state index < -0.39 is 0 Å². The van der Waals surface area contributed by atoms with Gasteiger partial charge in [0.2, 0.25) is 0 Å². The molecular weight excluding hydrogens is 233 g/mol. The van der Waals surface area contributed by atoms with Gasteiger partial charge in [-0.15, -0.1) is 12.4 Å². The van der Waals surface area contributed by atoms with Crippen molar-refractivity contribution in [1.82, 2.24) is 0 Å². The summed E-state index contributed by atoms with van der Waals surface area (Å²) < 4.78 is 23.8.